The van der Waals surface area contributed by atoms with Gasteiger partial charge < -0.3 is 21.1 Å². The summed E-state index contributed by atoms with van der Waals surface area (Å²) in [5.74, 6) is -1.02. The lowest BCUT2D eigenvalue weighted by Gasteiger charge is -2.15. The van der Waals surface area contributed by atoms with Gasteiger partial charge in [-0.25, -0.2) is 17.6 Å². The quantitative estimate of drug-likeness (QED) is 0.494. The lowest BCUT2D eigenvalue weighted by atomic mass is 10.1. The fourth-order valence-electron chi connectivity index (χ4n) is 3.35. The Morgan fingerprint density at radius 1 is 1.27 bits per heavy atom. The highest BCUT2D eigenvalue weighted by Crippen LogP contribution is 2.38. The molecule has 162 valence electrons. The van der Waals surface area contributed by atoms with Gasteiger partial charge in [0.05, 0.1) is 16.5 Å². The highest BCUT2D eigenvalue weighted by Gasteiger charge is 2.27. The van der Waals surface area contributed by atoms with E-state index in [0.29, 0.717) is 6.42 Å². The zero-order valence-electron chi connectivity index (χ0n) is 16.3. The normalized spacial score (nSPS) is 16.4. The molecule has 30 heavy (non-hydrogen) atoms. The van der Waals surface area contributed by atoms with Crippen molar-refractivity contribution in [2.24, 2.45) is 5.92 Å². The summed E-state index contributed by atoms with van der Waals surface area (Å²) >= 11 is 6.06. The summed E-state index contributed by atoms with van der Waals surface area (Å²) in [6.45, 7) is 3.13. The highest BCUT2D eigenvalue weighted by atomic mass is 35.5. The average molecular weight is 456 g/mol. The van der Waals surface area contributed by atoms with E-state index in [1.165, 1.54) is 37.3 Å². The van der Waals surface area contributed by atoms with Gasteiger partial charge in [-0.3, -0.25) is 0 Å². The van der Waals surface area contributed by atoms with Crippen molar-refractivity contribution in [3.8, 4) is 5.75 Å². The minimum Gasteiger partial charge on any atom is -0.504 e. The van der Waals surface area contributed by atoms with Crippen molar-refractivity contribution in [1.82, 2.24) is 5.32 Å². The van der Waals surface area contributed by atoms with Crippen molar-refractivity contribution >= 4 is 38.8 Å². The SMILES string of the molecule is Cc1c(F)cccc1NC(=O)Nc1ccc(Cl)c(S(=O)(=O)CC[C@@H]2CCNC2)c1O. The van der Waals surface area contributed by atoms with Crippen LogP contribution >= 0.6 is 11.6 Å². The lowest BCUT2D eigenvalue weighted by Crippen LogP contribution is -2.21. The molecule has 2 aromatic rings. The molecule has 0 radical (unpaired) electrons. The molecule has 1 atom stereocenters. The summed E-state index contributed by atoms with van der Waals surface area (Å²) in [5, 5.41) is 18.5. The smallest absolute Gasteiger partial charge is 0.323 e. The molecule has 0 aromatic heterocycles. The van der Waals surface area contributed by atoms with E-state index in [-0.39, 0.29) is 33.6 Å². The lowest BCUT2D eigenvalue weighted by molar-refractivity contribution is 0.262. The number of aromatic hydroxyl groups is 1. The molecule has 4 N–H and O–H groups in total. The van der Waals surface area contributed by atoms with E-state index in [1.807, 2.05) is 0 Å². The number of phenolic OH excluding ortho intramolecular Hbond substituents is 1. The van der Waals surface area contributed by atoms with Gasteiger partial charge in [-0.2, -0.15) is 0 Å². The molecule has 0 saturated carbocycles. The monoisotopic (exact) mass is 455 g/mol. The summed E-state index contributed by atoms with van der Waals surface area (Å²) in [6.07, 6.45) is 1.35. The van der Waals surface area contributed by atoms with Gasteiger partial charge in [0.25, 0.3) is 0 Å². The fourth-order valence-corrected chi connectivity index (χ4v) is 5.47. The minimum absolute atomic E-state index is 0.118. The van der Waals surface area contributed by atoms with Crippen molar-refractivity contribution < 1.29 is 22.7 Å². The Kier molecular flexibility index (Phi) is 6.84. The number of sulfone groups is 1. The number of hydrogen-bond acceptors (Lipinski definition) is 5. The molecule has 1 aliphatic heterocycles. The molecule has 1 saturated heterocycles. The van der Waals surface area contributed by atoms with Crippen molar-refractivity contribution in [3.05, 3.63) is 46.7 Å². The maximum Gasteiger partial charge on any atom is 0.323 e. The average Bonchev–Trinajstić information content (AvgIpc) is 3.20. The Bertz CT molecular complexity index is 1060. The third kappa shape index (κ3) is 5.03. The van der Waals surface area contributed by atoms with Gasteiger partial charge in [-0.05, 0) is 63.0 Å². The maximum absolute atomic E-state index is 13.6. The number of amides is 2. The first-order valence-corrected chi connectivity index (χ1v) is 11.5. The Balaban J connectivity index is 1.78. The van der Waals surface area contributed by atoms with Gasteiger partial charge in [0, 0.05) is 11.3 Å². The molecule has 7 nitrogen and oxygen atoms in total. The minimum atomic E-state index is -3.87. The number of halogens is 2. The summed E-state index contributed by atoms with van der Waals surface area (Å²) in [6, 6.07) is 6.07. The van der Waals surface area contributed by atoms with E-state index in [1.54, 1.807) is 0 Å². The van der Waals surface area contributed by atoms with Crippen LogP contribution in [0.5, 0.6) is 5.75 Å². The van der Waals surface area contributed by atoms with Gasteiger partial charge in [0.2, 0.25) is 0 Å². The first-order valence-electron chi connectivity index (χ1n) is 9.47. The summed E-state index contributed by atoms with van der Waals surface area (Å²) in [4.78, 5) is 11.9. The van der Waals surface area contributed by atoms with Crippen LogP contribution in [0.4, 0.5) is 20.6 Å². The van der Waals surface area contributed by atoms with Crippen LogP contribution in [0.25, 0.3) is 0 Å². The second-order valence-electron chi connectivity index (χ2n) is 7.23. The number of nitrogens with one attached hydrogen (secondary N) is 3. The zero-order chi connectivity index (χ0) is 21.9. The number of carbonyl (C=O) groups is 1. The van der Waals surface area contributed by atoms with Gasteiger partial charge in [-0.15, -0.1) is 0 Å². The number of benzene rings is 2. The van der Waals surface area contributed by atoms with Crippen LogP contribution < -0.4 is 16.0 Å². The van der Waals surface area contributed by atoms with Gasteiger partial charge >= 0.3 is 6.03 Å². The number of phenols is 1. The Labute approximate surface area is 179 Å². The third-order valence-electron chi connectivity index (χ3n) is 5.12. The molecule has 3 rings (SSSR count). The summed E-state index contributed by atoms with van der Waals surface area (Å²) < 4.78 is 39.3. The van der Waals surface area contributed by atoms with Crippen molar-refractivity contribution in [3.63, 3.8) is 0 Å². The molecule has 0 bridgehead atoms. The first kappa shape index (κ1) is 22.3. The Morgan fingerprint density at radius 2 is 2.00 bits per heavy atom. The number of hydrogen-bond donors (Lipinski definition) is 4. The Morgan fingerprint density at radius 3 is 2.70 bits per heavy atom. The van der Waals surface area contributed by atoms with Gasteiger partial charge in [0.15, 0.2) is 15.6 Å². The van der Waals surface area contributed by atoms with Crippen molar-refractivity contribution in [2.45, 2.75) is 24.7 Å². The summed E-state index contributed by atoms with van der Waals surface area (Å²) in [7, 11) is -3.87. The number of carbonyl (C=O) groups excluding carboxylic acids is 1. The van der Waals surface area contributed by atoms with Crippen molar-refractivity contribution in [2.75, 3.05) is 29.5 Å². The van der Waals surface area contributed by atoms with E-state index in [2.05, 4.69) is 16.0 Å². The first-order chi connectivity index (χ1) is 14.2. The molecule has 1 aliphatic rings. The Hall–Kier alpha value is -2.36. The van der Waals surface area contributed by atoms with E-state index >= 15 is 0 Å². The fraction of sp³-hybridized carbons (Fsp3) is 0.350. The largest absolute Gasteiger partial charge is 0.504 e. The molecule has 10 heteroatoms. The second-order valence-corrected chi connectivity index (χ2v) is 9.68. The van der Waals surface area contributed by atoms with E-state index in [4.69, 9.17) is 11.6 Å². The van der Waals surface area contributed by atoms with Crippen LogP contribution in [0.15, 0.2) is 35.2 Å². The maximum atomic E-state index is 13.6. The van der Waals surface area contributed by atoms with Crippen molar-refractivity contribution in [1.29, 1.82) is 0 Å². The standard InChI is InChI=1S/C20H23ClFN3O4S/c1-12-15(22)3-2-4-16(12)24-20(27)25-17-6-5-14(21)19(18(17)26)30(28,29)10-8-13-7-9-23-11-13/h2-6,13,23,26H,7-11H2,1H3,(H2,24,25,27)/t13-/m0/s1. The van der Waals surface area contributed by atoms with Crippen LogP contribution in [0, 0.1) is 18.7 Å². The second kappa shape index (κ2) is 9.20. The molecule has 0 unspecified atom stereocenters. The molecule has 2 amide bonds. The molecule has 0 spiro atoms. The predicted octanol–water partition coefficient (Wildman–Crippen LogP) is 3.91. The molecular weight excluding hydrogens is 433 g/mol. The van der Waals surface area contributed by atoms with Crippen LogP contribution in [-0.4, -0.2) is 38.4 Å². The molecule has 1 heterocycles. The third-order valence-corrected chi connectivity index (χ3v) is 7.35. The molecule has 0 aliphatic carbocycles. The number of anilines is 2. The zero-order valence-corrected chi connectivity index (χ0v) is 17.9. The molecule has 1 fully saturated rings. The molecule has 2 aromatic carbocycles. The molecular formula is C20H23ClFN3O4S. The predicted molar refractivity (Wildman–Crippen MR) is 115 cm³/mol. The van der Waals surface area contributed by atoms with Crippen LogP contribution in [0.3, 0.4) is 0 Å². The van der Waals surface area contributed by atoms with Gasteiger partial charge in [0.1, 0.15) is 10.7 Å². The number of urea groups is 1. The highest BCUT2D eigenvalue weighted by molar-refractivity contribution is 7.91. The van der Waals surface area contributed by atoms with Crippen LogP contribution in [0.1, 0.15) is 18.4 Å². The van der Waals surface area contributed by atoms with E-state index < -0.39 is 32.3 Å². The summed E-state index contributed by atoms with van der Waals surface area (Å²) in [5.41, 5.74) is 0.378. The van der Waals surface area contributed by atoms with E-state index in [0.717, 1.165) is 19.5 Å². The van der Waals surface area contributed by atoms with Gasteiger partial charge in [-0.1, -0.05) is 17.7 Å². The van der Waals surface area contributed by atoms with Crippen LogP contribution in [-0.2, 0) is 9.84 Å². The topological polar surface area (TPSA) is 108 Å². The van der Waals surface area contributed by atoms with Crippen LogP contribution in [0.2, 0.25) is 5.02 Å². The van der Waals surface area contributed by atoms with E-state index in [9.17, 15) is 22.7 Å². The number of rotatable bonds is 6.